The Labute approximate surface area is 201 Å². The summed E-state index contributed by atoms with van der Waals surface area (Å²) >= 11 is 0. The molecule has 0 unspecified atom stereocenters. The van der Waals surface area contributed by atoms with Crippen molar-refractivity contribution in [2.24, 2.45) is 0 Å². The second kappa shape index (κ2) is 9.72. The summed E-state index contributed by atoms with van der Waals surface area (Å²) in [7, 11) is 0. The molecule has 4 aromatic rings. The van der Waals surface area contributed by atoms with Gasteiger partial charge in [-0.3, -0.25) is 14.9 Å². The van der Waals surface area contributed by atoms with Crippen molar-refractivity contribution in [1.82, 2.24) is 0 Å². The molecule has 0 saturated carbocycles. The number of furan rings is 1. The summed E-state index contributed by atoms with van der Waals surface area (Å²) in [6, 6.07) is 24.6. The Morgan fingerprint density at radius 3 is 2.34 bits per heavy atom. The van der Waals surface area contributed by atoms with Crippen molar-refractivity contribution in [2.75, 3.05) is 5.32 Å². The van der Waals surface area contributed by atoms with Gasteiger partial charge in [0.25, 0.3) is 11.6 Å². The number of benzene rings is 3. The van der Waals surface area contributed by atoms with Crippen LogP contribution in [0.5, 0.6) is 11.5 Å². The first-order valence-corrected chi connectivity index (χ1v) is 10.9. The number of amides is 1. The molecule has 35 heavy (non-hydrogen) atoms. The van der Waals surface area contributed by atoms with E-state index in [1.54, 1.807) is 6.07 Å². The summed E-state index contributed by atoms with van der Waals surface area (Å²) in [5, 5.41) is 23.2. The summed E-state index contributed by atoms with van der Waals surface area (Å²) < 4.78 is 11.4. The molecule has 3 aromatic carbocycles. The fraction of sp³-hybridized carbons (Fsp3) is 0.148. The summed E-state index contributed by atoms with van der Waals surface area (Å²) in [4.78, 5) is 22.6. The second-order valence-electron chi connectivity index (χ2n) is 8.48. The van der Waals surface area contributed by atoms with Gasteiger partial charge in [-0.25, -0.2) is 0 Å². The van der Waals surface area contributed by atoms with Gasteiger partial charge in [-0.2, -0.15) is 0 Å². The third-order valence-electron chi connectivity index (χ3n) is 5.78. The van der Waals surface area contributed by atoms with E-state index in [1.165, 1.54) is 23.8 Å². The van der Waals surface area contributed by atoms with E-state index in [4.69, 9.17) is 9.15 Å². The first-order valence-electron chi connectivity index (χ1n) is 10.9. The van der Waals surface area contributed by atoms with E-state index in [1.807, 2.05) is 42.5 Å². The minimum atomic E-state index is -0.637. The van der Waals surface area contributed by atoms with Gasteiger partial charge in [-0.15, -0.1) is 0 Å². The zero-order valence-electron chi connectivity index (χ0n) is 19.2. The van der Waals surface area contributed by atoms with Gasteiger partial charge in [-0.1, -0.05) is 56.3 Å². The first kappa shape index (κ1) is 23.6. The number of nitro groups is 1. The van der Waals surface area contributed by atoms with Crippen molar-refractivity contribution in [1.29, 1.82) is 0 Å². The van der Waals surface area contributed by atoms with Gasteiger partial charge in [0.15, 0.2) is 5.76 Å². The molecule has 8 nitrogen and oxygen atoms in total. The predicted molar refractivity (Wildman–Crippen MR) is 131 cm³/mol. The number of aromatic hydroxyl groups is 1. The number of nitrogens with one attached hydrogen (secondary N) is 1. The number of phenols is 1. The van der Waals surface area contributed by atoms with Gasteiger partial charge in [0, 0.05) is 11.5 Å². The lowest BCUT2D eigenvalue weighted by Crippen LogP contribution is -2.18. The van der Waals surface area contributed by atoms with Gasteiger partial charge in [-0.05, 0) is 41.5 Å². The molecule has 1 aromatic heterocycles. The Kier molecular flexibility index (Phi) is 6.55. The second-order valence-corrected chi connectivity index (χ2v) is 8.48. The molecule has 0 saturated heterocycles. The van der Waals surface area contributed by atoms with Gasteiger partial charge < -0.3 is 19.6 Å². The van der Waals surface area contributed by atoms with Crippen LogP contribution in [0.1, 0.15) is 41.3 Å². The normalized spacial score (nSPS) is 11.1. The van der Waals surface area contributed by atoms with Gasteiger partial charge in [0.05, 0.1) is 16.7 Å². The van der Waals surface area contributed by atoms with Crippen LogP contribution in [0.4, 0.5) is 11.4 Å². The van der Waals surface area contributed by atoms with Gasteiger partial charge in [0.2, 0.25) is 0 Å². The van der Waals surface area contributed by atoms with Crippen LogP contribution in [0.15, 0.2) is 89.3 Å². The number of phenolic OH excluding ortho intramolecular Hbond substituents is 1. The number of nitrogens with zero attached hydrogens (tertiary/aromatic N) is 1. The lowest BCUT2D eigenvalue weighted by Gasteiger charge is -2.26. The van der Waals surface area contributed by atoms with E-state index in [2.05, 4.69) is 31.3 Å². The molecule has 178 valence electrons. The number of non-ortho nitro benzene ring substituents is 1. The molecule has 8 heteroatoms. The van der Waals surface area contributed by atoms with Crippen LogP contribution in [0.25, 0.3) is 0 Å². The molecular weight excluding hydrogens is 448 g/mol. The standard InChI is InChI=1S/C27H24N2O6/c1-27(2,18-6-4-3-5-7-18)19-8-11-21(12-9-19)34-17-22-13-15-25(35-22)26(31)28-23-14-10-20(29(32)33)16-24(23)30/h3-16,30H,17H2,1-2H3,(H,28,31). The van der Waals surface area contributed by atoms with E-state index in [0.717, 1.165) is 11.6 Å². The number of nitro benzene ring substituents is 1. The fourth-order valence-electron chi connectivity index (χ4n) is 3.64. The van der Waals surface area contributed by atoms with Crippen LogP contribution >= 0.6 is 0 Å². The summed E-state index contributed by atoms with van der Waals surface area (Å²) in [6.45, 7) is 4.46. The zero-order valence-corrected chi connectivity index (χ0v) is 19.2. The summed E-state index contributed by atoms with van der Waals surface area (Å²) in [5.41, 5.74) is 1.98. The molecular formula is C27H24N2O6. The molecule has 0 radical (unpaired) electrons. The molecule has 0 bridgehead atoms. The quantitative estimate of drug-likeness (QED) is 0.183. The van der Waals surface area contributed by atoms with E-state index < -0.39 is 16.6 Å². The third-order valence-corrected chi connectivity index (χ3v) is 5.78. The van der Waals surface area contributed by atoms with Crippen LogP contribution in [-0.4, -0.2) is 15.9 Å². The van der Waals surface area contributed by atoms with Crippen molar-refractivity contribution < 1.29 is 24.0 Å². The molecule has 0 aliphatic rings. The predicted octanol–water partition coefficient (Wildman–Crippen LogP) is 6.05. The van der Waals surface area contributed by atoms with Crippen molar-refractivity contribution in [3.8, 4) is 11.5 Å². The summed E-state index contributed by atoms with van der Waals surface area (Å²) in [5.74, 6) is 0.100. The molecule has 2 N–H and O–H groups in total. The number of hydrogen-bond donors (Lipinski definition) is 2. The van der Waals surface area contributed by atoms with Crippen LogP contribution in [-0.2, 0) is 12.0 Å². The first-order chi connectivity index (χ1) is 16.7. The SMILES string of the molecule is CC(C)(c1ccccc1)c1ccc(OCc2ccc(C(=O)Nc3ccc([N+](=O)[O-])cc3O)o2)cc1. The van der Waals surface area contributed by atoms with E-state index in [0.29, 0.717) is 11.5 Å². The number of anilines is 1. The maximum absolute atomic E-state index is 12.4. The van der Waals surface area contributed by atoms with Crippen molar-refractivity contribution in [3.63, 3.8) is 0 Å². The van der Waals surface area contributed by atoms with Crippen LogP contribution in [0.2, 0.25) is 0 Å². The van der Waals surface area contributed by atoms with E-state index in [9.17, 15) is 20.0 Å². The highest BCUT2D eigenvalue weighted by Crippen LogP contribution is 2.32. The molecule has 0 atom stereocenters. The number of hydrogen-bond acceptors (Lipinski definition) is 6. The molecule has 1 heterocycles. The average Bonchev–Trinajstić information content (AvgIpc) is 3.34. The highest BCUT2D eigenvalue weighted by Gasteiger charge is 2.22. The highest BCUT2D eigenvalue weighted by atomic mass is 16.6. The van der Waals surface area contributed by atoms with Crippen molar-refractivity contribution >= 4 is 17.3 Å². The van der Waals surface area contributed by atoms with Crippen LogP contribution in [0, 0.1) is 10.1 Å². The Hall–Kier alpha value is -4.59. The summed E-state index contributed by atoms with van der Waals surface area (Å²) in [6.07, 6.45) is 0. The Balaban J connectivity index is 1.36. The smallest absolute Gasteiger partial charge is 0.291 e. The molecule has 1 amide bonds. The molecule has 0 fully saturated rings. The van der Waals surface area contributed by atoms with Crippen LogP contribution in [0.3, 0.4) is 0 Å². The monoisotopic (exact) mass is 472 g/mol. The van der Waals surface area contributed by atoms with Crippen LogP contribution < -0.4 is 10.1 Å². The Morgan fingerprint density at radius 2 is 1.69 bits per heavy atom. The molecule has 0 spiro atoms. The highest BCUT2D eigenvalue weighted by molar-refractivity contribution is 6.03. The van der Waals surface area contributed by atoms with Crippen molar-refractivity contribution in [3.05, 3.63) is 118 Å². The van der Waals surface area contributed by atoms with Gasteiger partial charge >= 0.3 is 0 Å². The lowest BCUT2D eigenvalue weighted by molar-refractivity contribution is -0.384. The van der Waals surface area contributed by atoms with Gasteiger partial charge in [0.1, 0.15) is 23.9 Å². The minimum Gasteiger partial charge on any atom is -0.506 e. The average molecular weight is 472 g/mol. The Bertz CT molecular complexity index is 1340. The third kappa shape index (κ3) is 5.33. The fourth-order valence-corrected chi connectivity index (χ4v) is 3.64. The number of rotatable bonds is 8. The van der Waals surface area contributed by atoms with Crippen molar-refractivity contribution in [2.45, 2.75) is 25.9 Å². The minimum absolute atomic E-state index is 0.0151. The number of carbonyl (C=O) groups excluding carboxylic acids is 1. The maximum Gasteiger partial charge on any atom is 0.291 e. The van der Waals surface area contributed by atoms with E-state index >= 15 is 0 Å². The Morgan fingerprint density at radius 1 is 1.00 bits per heavy atom. The van der Waals surface area contributed by atoms with E-state index in [-0.39, 0.29) is 29.2 Å². The number of carbonyl (C=O) groups is 1. The largest absolute Gasteiger partial charge is 0.506 e. The molecule has 0 aliphatic heterocycles. The lowest BCUT2D eigenvalue weighted by atomic mass is 9.78. The topological polar surface area (TPSA) is 115 Å². The molecule has 0 aliphatic carbocycles. The zero-order chi connectivity index (χ0) is 25.0. The molecule has 4 rings (SSSR count). The number of ether oxygens (including phenoxy) is 1. The maximum atomic E-state index is 12.4.